The van der Waals surface area contributed by atoms with Gasteiger partial charge < -0.3 is 15.0 Å². The molecule has 1 heterocycles. The summed E-state index contributed by atoms with van der Waals surface area (Å²) in [6.07, 6.45) is 6.11. The Labute approximate surface area is 101 Å². The van der Waals surface area contributed by atoms with Crippen LogP contribution in [0.25, 0.3) is 0 Å². The molecule has 1 aliphatic carbocycles. The van der Waals surface area contributed by atoms with Gasteiger partial charge in [0.2, 0.25) is 0 Å². The molecule has 0 radical (unpaired) electrons. The van der Waals surface area contributed by atoms with Crippen LogP contribution >= 0.6 is 0 Å². The fraction of sp³-hybridized carbons (Fsp3) is 0.667. The van der Waals surface area contributed by atoms with Gasteiger partial charge in [-0.05, 0) is 33.1 Å². The van der Waals surface area contributed by atoms with Crippen molar-refractivity contribution in [3.8, 4) is 5.88 Å². The largest absolute Gasteiger partial charge is 0.469 e. The van der Waals surface area contributed by atoms with Gasteiger partial charge in [-0.25, -0.2) is 4.98 Å². The van der Waals surface area contributed by atoms with Gasteiger partial charge in [0.15, 0.2) is 0 Å². The van der Waals surface area contributed by atoms with Gasteiger partial charge >= 0.3 is 5.56 Å². The van der Waals surface area contributed by atoms with E-state index in [2.05, 4.69) is 4.98 Å². The van der Waals surface area contributed by atoms with Crippen molar-refractivity contribution < 1.29 is 4.74 Å². The summed E-state index contributed by atoms with van der Waals surface area (Å²) in [6.45, 7) is 3.90. The quantitative estimate of drug-likeness (QED) is 0.854. The third kappa shape index (κ3) is 2.49. The molecule has 1 aromatic rings. The first-order chi connectivity index (χ1) is 8.09. The highest BCUT2D eigenvalue weighted by Crippen LogP contribution is 2.20. The maximum Gasteiger partial charge on any atom is 0.313 e. The molecule has 2 unspecified atom stereocenters. The molecule has 5 nitrogen and oxygen atoms in total. The van der Waals surface area contributed by atoms with Crippen molar-refractivity contribution in [1.29, 1.82) is 0 Å². The van der Waals surface area contributed by atoms with Gasteiger partial charge in [0, 0.05) is 24.5 Å². The maximum atomic E-state index is 12.0. The molecular formula is C12H19N3O2. The van der Waals surface area contributed by atoms with E-state index in [1.54, 1.807) is 17.0 Å². The van der Waals surface area contributed by atoms with E-state index in [0.29, 0.717) is 0 Å². The van der Waals surface area contributed by atoms with Crippen LogP contribution in [-0.4, -0.2) is 21.7 Å². The van der Waals surface area contributed by atoms with E-state index in [1.165, 1.54) is 0 Å². The van der Waals surface area contributed by atoms with E-state index in [-0.39, 0.29) is 29.6 Å². The fourth-order valence-electron chi connectivity index (χ4n) is 2.14. The minimum Gasteiger partial charge on any atom is -0.469 e. The molecular weight excluding hydrogens is 218 g/mol. The Kier molecular flexibility index (Phi) is 3.47. The Morgan fingerprint density at radius 3 is 2.88 bits per heavy atom. The molecule has 0 aromatic carbocycles. The Balaban J connectivity index is 2.21. The second kappa shape index (κ2) is 4.87. The van der Waals surface area contributed by atoms with Crippen molar-refractivity contribution in [3.63, 3.8) is 0 Å². The zero-order valence-electron chi connectivity index (χ0n) is 10.3. The Bertz CT molecular complexity index is 442. The maximum absolute atomic E-state index is 12.0. The van der Waals surface area contributed by atoms with Gasteiger partial charge in [-0.3, -0.25) is 4.79 Å². The Hall–Kier alpha value is -1.36. The van der Waals surface area contributed by atoms with Crippen LogP contribution in [0.5, 0.6) is 5.88 Å². The topological polar surface area (TPSA) is 70.1 Å². The zero-order chi connectivity index (χ0) is 12.4. The standard InChI is InChI=1S/C12H19N3O2/c1-8(2)15-7-6-14-11(12(15)16)17-10-5-3-4-9(10)13/h6-10H,3-5,13H2,1-2H3. The van der Waals surface area contributed by atoms with Crippen molar-refractivity contribution in [2.75, 3.05) is 0 Å². The van der Waals surface area contributed by atoms with E-state index >= 15 is 0 Å². The van der Waals surface area contributed by atoms with Gasteiger partial charge in [0.05, 0.1) is 0 Å². The third-order valence-electron chi connectivity index (χ3n) is 3.16. The average molecular weight is 237 g/mol. The molecule has 1 aromatic heterocycles. The number of nitrogens with two attached hydrogens (primary N) is 1. The molecule has 0 bridgehead atoms. The molecule has 2 atom stereocenters. The minimum atomic E-state index is -0.179. The summed E-state index contributed by atoms with van der Waals surface area (Å²) in [7, 11) is 0. The van der Waals surface area contributed by atoms with E-state index in [9.17, 15) is 4.79 Å². The van der Waals surface area contributed by atoms with Crippen LogP contribution in [-0.2, 0) is 0 Å². The summed E-state index contributed by atoms with van der Waals surface area (Å²) >= 11 is 0. The molecule has 0 saturated heterocycles. The lowest BCUT2D eigenvalue weighted by Crippen LogP contribution is -2.36. The third-order valence-corrected chi connectivity index (χ3v) is 3.16. The molecule has 5 heteroatoms. The Morgan fingerprint density at radius 1 is 1.53 bits per heavy atom. The first kappa shape index (κ1) is 12.1. The molecule has 0 aliphatic heterocycles. The lowest BCUT2D eigenvalue weighted by Gasteiger charge is -2.17. The lowest BCUT2D eigenvalue weighted by atomic mass is 10.2. The van der Waals surface area contributed by atoms with Crippen LogP contribution in [0, 0.1) is 0 Å². The van der Waals surface area contributed by atoms with Crippen molar-refractivity contribution >= 4 is 0 Å². The first-order valence-corrected chi connectivity index (χ1v) is 6.09. The van der Waals surface area contributed by atoms with Crippen molar-refractivity contribution in [2.24, 2.45) is 5.73 Å². The molecule has 94 valence electrons. The van der Waals surface area contributed by atoms with Crippen molar-refractivity contribution in [3.05, 3.63) is 22.7 Å². The summed E-state index contributed by atoms with van der Waals surface area (Å²) in [6, 6.07) is 0.119. The number of ether oxygens (including phenoxy) is 1. The molecule has 0 amide bonds. The van der Waals surface area contributed by atoms with Crippen LogP contribution in [0.1, 0.15) is 39.2 Å². The molecule has 2 N–H and O–H groups in total. The lowest BCUT2D eigenvalue weighted by molar-refractivity contribution is 0.179. The highest BCUT2D eigenvalue weighted by atomic mass is 16.5. The fourth-order valence-corrected chi connectivity index (χ4v) is 2.14. The average Bonchev–Trinajstić information content (AvgIpc) is 2.67. The molecule has 0 spiro atoms. The summed E-state index contributed by atoms with van der Waals surface area (Å²) in [5.41, 5.74) is 5.73. The van der Waals surface area contributed by atoms with Crippen LogP contribution in [0.15, 0.2) is 17.2 Å². The van der Waals surface area contributed by atoms with Crippen molar-refractivity contribution in [1.82, 2.24) is 9.55 Å². The van der Waals surface area contributed by atoms with Gasteiger partial charge in [-0.1, -0.05) is 0 Å². The molecule has 1 aliphatic rings. The summed E-state index contributed by atoms with van der Waals surface area (Å²) in [5.74, 6) is 0.170. The second-order valence-corrected chi connectivity index (χ2v) is 4.79. The van der Waals surface area contributed by atoms with Crippen LogP contribution in [0.2, 0.25) is 0 Å². The van der Waals surface area contributed by atoms with Gasteiger partial charge in [0.1, 0.15) is 6.10 Å². The number of rotatable bonds is 3. The summed E-state index contributed by atoms with van der Waals surface area (Å²) < 4.78 is 7.25. The van der Waals surface area contributed by atoms with E-state index < -0.39 is 0 Å². The van der Waals surface area contributed by atoms with Gasteiger partial charge in [-0.15, -0.1) is 0 Å². The predicted octanol–water partition coefficient (Wildman–Crippen LogP) is 1.08. The predicted molar refractivity (Wildman–Crippen MR) is 65.1 cm³/mol. The van der Waals surface area contributed by atoms with Gasteiger partial charge in [0.25, 0.3) is 5.88 Å². The van der Waals surface area contributed by atoms with E-state index in [4.69, 9.17) is 10.5 Å². The Morgan fingerprint density at radius 2 is 2.29 bits per heavy atom. The van der Waals surface area contributed by atoms with Crippen LogP contribution in [0.4, 0.5) is 0 Å². The highest BCUT2D eigenvalue weighted by Gasteiger charge is 2.27. The molecule has 2 rings (SSSR count). The smallest absolute Gasteiger partial charge is 0.313 e. The molecule has 1 fully saturated rings. The summed E-state index contributed by atoms with van der Waals surface area (Å²) in [5, 5.41) is 0. The normalized spacial score (nSPS) is 24.2. The highest BCUT2D eigenvalue weighted by molar-refractivity contribution is 5.06. The number of hydrogen-bond acceptors (Lipinski definition) is 4. The van der Waals surface area contributed by atoms with E-state index in [0.717, 1.165) is 19.3 Å². The molecule has 17 heavy (non-hydrogen) atoms. The number of hydrogen-bond donors (Lipinski definition) is 1. The minimum absolute atomic E-state index is 0.0175. The van der Waals surface area contributed by atoms with Crippen molar-refractivity contribution in [2.45, 2.75) is 51.3 Å². The number of nitrogens with zero attached hydrogens (tertiary/aromatic N) is 2. The SMILES string of the molecule is CC(C)n1ccnc(OC2CCCC2N)c1=O. The second-order valence-electron chi connectivity index (χ2n) is 4.79. The monoisotopic (exact) mass is 237 g/mol. The summed E-state index contributed by atoms with van der Waals surface area (Å²) in [4.78, 5) is 16.0. The first-order valence-electron chi connectivity index (χ1n) is 6.09. The van der Waals surface area contributed by atoms with E-state index in [1.807, 2.05) is 13.8 Å². The molecule has 1 saturated carbocycles. The van der Waals surface area contributed by atoms with Gasteiger partial charge in [-0.2, -0.15) is 0 Å². The number of aromatic nitrogens is 2. The van der Waals surface area contributed by atoms with Crippen LogP contribution < -0.4 is 16.0 Å². The zero-order valence-corrected chi connectivity index (χ0v) is 10.3. The van der Waals surface area contributed by atoms with Crippen LogP contribution in [0.3, 0.4) is 0 Å².